The normalized spacial score (nSPS) is 12.8. The molecule has 0 amide bonds. The second-order valence-electron chi connectivity index (χ2n) is 13.6. The van der Waals surface area contributed by atoms with Crippen molar-refractivity contribution in [1.29, 1.82) is 0 Å². The Morgan fingerprint density at radius 1 is 0.442 bits per heavy atom. The average molecular weight is 725 g/mol. The molecule has 0 radical (unpaired) electrons. The van der Waals surface area contributed by atoms with Gasteiger partial charge in [0.15, 0.2) is 6.10 Å². The van der Waals surface area contributed by atoms with Crippen molar-refractivity contribution in [2.75, 3.05) is 13.2 Å². The fourth-order valence-electron chi connectivity index (χ4n) is 5.30. The maximum absolute atomic E-state index is 12.6. The number of carbonyl (C=O) groups is 3. The second-order valence-corrected chi connectivity index (χ2v) is 13.6. The van der Waals surface area contributed by atoms with E-state index in [2.05, 4.69) is 81.5 Å². The molecule has 0 aliphatic heterocycles. The Balaban J connectivity index is 4.50. The number of esters is 3. The fourth-order valence-corrected chi connectivity index (χ4v) is 5.30. The van der Waals surface area contributed by atoms with Crippen LogP contribution in [0.4, 0.5) is 0 Å². The number of ether oxygens (including phenoxy) is 3. The number of rotatable bonds is 36. The predicted molar refractivity (Wildman–Crippen MR) is 219 cm³/mol. The largest absolute Gasteiger partial charge is 0.462 e. The van der Waals surface area contributed by atoms with Gasteiger partial charge in [0, 0.05) is 12.8 Å². The van der Waals surface area contributed by atoms with Crippen molar-refractivity contribution in [3.05, 3.63) is 72.9 Å². The lowest BCUT2D eigenvalue weighted by atomic mass is 10.1. The number of hydrogen-bond donors (Lipinski definition) is 0. The highest BCUT2D eigenvalue weighted by Crippen LogP contribution is 2.11. The van der Waals surface area contributed by atoms with Gasteiger partial charge in [0.05, 0.1) is 6.42 Å². The molecule has 0 aromatic carbocycles. The van der Waals surface area contributed by atoms with E-state index in [4.69, 9.17) is 14.2 Å². The van der Waals surface area contributed by atoms with Crippen LogP contribution in [0.1, 0.15) is 181 Å². The summed E-state index contributed by atoms with van der Waals surface area (Å²) in [4.78, 5) is 37.4. The van der Waals surface area contributed by atoms with Crippen LogP contribution in [0.3, 0.4) is 0 Å². The van der Waals surface area contributed by atoms with Crippen molar-refractivity contribution in [3.63, 3.8) is 0 Å². The van der Waals surface area contributed by atoms with Crippen molar-refractivity contribution in [1.82, 2.24) is 0 Å². The van der Waals surface area contributed by atoms with E-state index in [0.717, 1.165) is 77.0 Å². The van der Waals surface area contributed by atoms with Crippen LogP contribution in [0.25, 0.3) is 0 Å². The van der Waals surface area contributed by atoms with Crippen molar-refractivity contribution in [2.45, 2.75) is 187 Å². The molecular formula is C46H76O6. The van der Waals surface area contributed by atoms with Gasteiger partial charge in [-0.2, -0.15) is 0 Å². The predicted octanol–water partition coefficient (Wildman–Crippen LogP) is 13.1. The highest BCUT2D eigenvalue weighted by molar-refractivity contribution is 5.72. The molecule has 296 valence electrons. The Morgan fingerprint density at radius 3 is 1.50 bits per heavy atom. The SMILES string of the molecule is CC/C=C\C/C=C\C/C=C\CC(=O)OCC(COC(=O)CCCCC/C=C\CCCCCCCCC)OC(=O)CCCCC/C=C\C=C/CCCC. The summed E-state index contributed by atoms with van der Waals surface area (Å²) >= 11 is 0. The highest BCUT2D eigenvalue weighted by Gasteiger charge is 2.19. The van der Waals surface area contributed by atoms with E-state index in [9.17, 15) is 14.4 Å². The molecule has 0 bridgehead atoms. The minimum atomic E-state index is -0.826. The van der Waals surface area contributed by atoms with Crippen molar-refractivity contribution < 1.29 is 28.6 Å². The quantitative estimate of drug-likeness (QED) is 0.0210. The fraction of sp³-hybridized carbons (Fsp3) is 0.674. The Hall–Kier alpha value is -3.15. The summed E-state index contributed by atoms with van der Waals surface area (Å²) in [6.45, 7) is 6.29. The molecule has 0 aromatic rings. The first-order valence-electron chi connectivity index (χ1n) is 21.0. The van der Waals surface area contributed by atoms with Gasteiger partial charge in [-0.1, -0.05) is 158 Å². The van der Waals surface area contributed by atoms with Crippen molar-refractivity contribution in [2.24, 2.45) is 0 Å². The molecule has 0 fully saturated rings. The maximum Gasteiger partial charge on any atom is 0.309 e. The van der Waals surface area contributed by atoms with Gasteiger partial charge in [-0.05, 0) is 77.0 Å². The summed E-state index contributed by atoms with van der Waals surface area (Å²) in [6.07, 6.45) is 49.2. The molecule has 0 saturated carbocycles. The lowest BCUT2D eigenvalue weighted by Gasteiger charge is -2.18. The molecule has 1 atom stereocenters. The summed E-state index contributed by atoms with van der Waals surface area (Å²) in [5.41, 5.74) is 0. The molecule has 0 aliphatic rings. The molecule has 0 rings (SSSR count). The first kappa shape index (κ1) is 48.9. The molecule has 52 heavy (non-hydrogen) atoms. The molecule has 6 nitrogen and oxygen atoms in total. The van der Waals surface area contributed by atoms with E-state index in [1.54, 1.807) is 6.08 Å². The van der Waals surface area contributed by atoms with E-state index in [1.807, 2.05) is 6.08 Å². The van der Waals surface area contributed by atoms with Crippen LogP contribution in [0.15, 0.2) is 72.9 Å². The molecule has 0 heterocycles. The molecule has 0 aromatic heterocycles. The minimum absolute atomic E-state index is 0.122. The van der Waals surface area contributed by atoms with Gasteiger partial charge in [-0.15, -0.1) is 0 Å². The van der Waals surface area contributed by atoms with E-state index in [0.29, 0.717) is 12.8 Å². The molecule has 6 heteroatoms. The molecule has 0 N–H and O–H groups in total. The lowest BCUT2D eigenvalue weighted by molar-refractivity contribution is -0.166. The number of unbranched alkanes of at least 4 members (excludes halogenated alkanes) is 15. The van der Waals surface area contributed by atoms with Crippen LogP contribution in [0.5, 0.6) is 0 Å². The third-order valence-electron chi connectivity index (χ3n) is 8.48. The van der Waals surface area contributed by atoms with E-state index >= 15 is 0 Å². The number of hydrogen-bond acceptors (Lipinski definition) is 6. The second kappa shape index (κ2) is 40.6. The molecule has 1 unspecified atom stereocenters. The third kappa shape index (κ3) is 38.1. The summed E-state index contributed by atoms with van der Waals surface area (Å²) in [5, 5.41) is 0. The van der Waals surface area contributed by atoms with Gasteiger partial charge in [0.25, 0.3) is 0 Å². The van der Waals surface area contributed by atoms with Gasteiger partial charge in [-0.3, -0.25) is 14.4 Å². The van der Waals surface area contributed by atoms with Gasteiger partial charge in [-0.25, -0.2) is 0 Å². The van der Waals surface area contributed by atoms with Crippen LogP contribution in [-0.4, -0.2) is 37.2 Å². The summed E-state index contributed by atoms with van der Waals surface area (Å²) in [5.74, 6) is -1.11. The number of carbonyl (C=O) groups excluding carboxylic acids is 3. The smallest absolute Gasteiger partial charge is 0.309 e. The maximum atomic E-state index is 12.6. The van der Waals surface area contributed by atoms with Crippen LogP contribution in [0.2, 0.25) is 0 Å². The van der Waals surface area contributed by atoms with Gasteiger partial charge in [0.1, 0.15) is 13.2 Å². The van der Waals surface area contributed by atoms with Gasteiger partial charge in [0.2, 0.25) is 0 Å². The van der Waals surface area contributed by atoms with Crippen molar-refractivity contribution in [3.8, 4) is 0 Å². The third-order valence-corrected chi connectivity index (χ3v) is 8.48. The molecular weight excluding hydrogens is 649 g/mol. The molecule has 0 saturated heterocycles. The highest BCUT2D eigenvalue weighted by atomic mass is 16.6. The standard InChI is InChI=1S/C46H76O6/c1-4-7-10-13-16-19-21-22-23-25-27-30-33-36-39-45(48)51-42-43(41-50-44(47)38-35-32-29-26-18-15-12-9-6-3)52-46(49)40-37-34-31-28-24-20-17-14-11-8-5-2/h9,12,14,17-18,20,23-26,32,35,43H,4-8,10-11,13,15-16,19,21-22,27-31,33-34,36-42H2,1-3H3/b12-9-,17-14-,24-20-,25-23-,26-18-,35-32-. The zero-order valence-electron chi connectivity index (χ0n) is 33.5. The van der Waals surface area contributed by atoms with Crippen LogP contribution >= 0.6 is 0 Å². The Bertz CT molecular complexity index is 1020. The minimum Gasteiger partial charge on any atom is -0.462 e. The summed E-state index contributed by atoms with van der Waals surface area (Å²) < 4.78 is 16.5. The van der Waals surface area contributed by atoms with Crippen molar-refractivity contribution >= 4 is 17.9 Å². The van der Waals surface area contributed by atoms with E-state index in [-0.39, 0.29) is 38.0 Å². The van der Waals surface area contributed by atoms with Crippen LogP contribution < -0.4 is 0 Å². The molecule has 0 spiro atoms. The Morgan fingerprint density at radius 2 is 0.904 bits per heavy atom. The monoisotopic (exact) mass is 725 g/mol. The summed E-state index contributed by atoms with van der Waals surface area (Å²) in [6, 6.07) is 0. The first-order valence-corrected chi connectivity index (χ1v) is 21.0. The van der Waals surface area contributed by atoms with E-state index in [1.165, 1.54) is 57.8 Å². The van der Waals surface area contributed by atoms with Crippen LogP contribution in [-0.2, 0) is 28.6 Å². The van der Waals surface area contributed by atoms with Gasteiger partial charge >= 0.3 is 17.9 Å². The summed E-state index contributed by atoms with van der Waals surface area (Å²) in [7, 11) is 0. The molecule has 0 aliphatic carbocycles. The zero-order chi connectivity index (χ0) is 38.0. The lowest BCUT2D eigenvalue weighted by Crippen LogP contribution is -2.30. The number of allylic oxidation sites excluding steroid dienone is 11. The zero-order valence-corrected chi connectivity index (χ0v) is 33.5. The topological polar surface area (TPSA) is 78.9 Å². The van der Waals surface area contributed by atoms with Crippen LogP contribution in [0, 0.1) is 0 Å². The Labute approximate surface area is 319 Å². The first-order chi connectivity index (χ1) is 25.5. The van der Waals surface area contributed by atoms with Gasteiger partial charge < -0.3 is 14.2 Å². The Kier molecular flexibility index (Phi) is 38.2. The average Bonchev–Trinajstić information content (AvgIpc) is 3.14. The van der Waals surface area contributed by atoms with E-state index < -0.39 is 12.1 Å².